The summed E-state index contributed by atoms with van der Waals surface area (Å²) in [6, 6.07) is 6.94. The zero-order chi connectivity index (χ0) is 15.1. The molecule has 1 fully saturated rings. The van der Waals surface area contributed by atoms with Crippen molar-refractivity contribution in [1.29, 1.82) is 0 Å². The number of hydrogen-bond donors (Lipinski definition) is 1. The van der Waals surface area contributed by atoms with Gasteiger partial charge in [-0.3, -0.25) is 0 Å². The summed E-state index contributed by atoms with van der Waals surface area (Å²) in [5.41, 5.74) is 2.64. The SMILES string of the molecule is CCOc1ccc(C(C)NC)cc1CSC1CCOCC1. The number of benzene rings is 1. The second-order valence-electron chi connectivity index (χ2n) is 5.43. The Balaban J connectivity index is 2.05. The predicted molar refractivity (Wildman–Crippen MR) is 90.2 cm³/mol. The van der Waals surface area contributed by atoms with Crippen LogP contribution < -0.4 is 10.1 Å². The van der Waals surface area contributed by atoms with Gasteiger partial charge in [-0.2, -0.15) is 11.8 Å². The Morgan fingerprint density at radius 3 is 2.81 bits per heavy atom. The molecule has 1 saturated heterocycles. The molecule has 1 aromatic rings. The van der Waals surface area contributed by atoms with E-state index in [0.29, 0.717) is 6.04 Å². The van der Waals surface area contributed by atoms with Crippen molar-refractivity contribution in [3.63, 3.8) is 0 Å². The fraction of sp³-hybridized carbons (Fsp3) is 0.647. The molecule has 0 aromatic heterocycles. The van der Waals surface area contributed by atoms with Crippen LogP contribution in [0.25, 0.3) is 0 Å². The molecule has 1 N–H and O–H groups in total. The van der Waals surface area contributed by atoms with Crippen LogP contribution in [-0.4, -0.2) is 32.1 Å². The zero-order valence-electron chi connectivity index (χ0n) is 13.4. The quantitative estimate of drug-likeness (QED) is 0.830. The molecule has 0 radical (unpaired) electrons. The molecule has 1 heterocycles. The Morgan fingerprint density at radius 1 is 1.38 bits per heavy atom. The zero-order valence-corrected chi connectivity index (χ0v) is 14.2. The van der Waals surface area contributed by atoms with Gasteiger partial charge in [0.1, 0.15) is 5.75 Å². The average Bonchev–Trinajstić information content (AvgIpc) is 2.54. The summed E-state index contributed by atoms with van der Waals surface area (Å²) in [5.74, 6) is 2.05. The largest absolute Gasteiger partial charge is 0.494 e. The Bertz CT molecular complexity index is 433. The molecule has 0 spiro atoms. The van der Waals surface area contributed by atoms with E-state index in [1.807, 2.05) is 25.7 Å². The highest BCUT2D eigenvalue weighted by molar-refractivity contribution is 7.99. The highest BCUT2D eigenvalue weighted by atomic mass is 32.2. The fourth-order valence-electron chi connectivity index (χ4n) is 2.49. The molecular formula is C17H27NO2S. The van der Waals surface area contributed by atoms with Gasteiger partial charge in [-0.15, -0.1) is 0 Å². The first-order valence-corrected chi connectivity index (χ1v) is 8.91. The lowest BCUT2D eigenvalue weighted by Crippen LogP contribution is -2.17. The molecule has 4 heteroatoms. The van der Waals surface area contributed by atoms with Crippen molar-refractivity contribution in [1.82, 2.24) is 5.32 Å². The number of ether oxygens (including phenoxy) is 2. The van der Waals surface area contributed by atoms with E-state index in [0.717, 1.165) is 36.6 Å². The van der Waals surface area contributed by atoms with Gasteiger partial charge in [0.05, 0.1) is 6.61 Å². The van der Waals surface area contributed by atoms with E-state index in [4.69, 9.17) is 9.47 Å². The number of hydrogen-bond acceptors (Lipinski definition) is 4. The maximum absolute atomic E-state index is 5.79. The van der Waals surface area contributed by atoms with Gasteiger partial charge >= 0.3 is 0 Å². The van der Waals surface area contributed by atoms with Gasteiger partial charge in [0.15, 0.2) is 0 Å². The van der Waals surface area contributed by atoms with Crippen LogP contribution in [-0.2, 0) is 10.5 Å². The summed E-state index contributed by atoms with van der Waals surface area (Å²) in [6.45, 7) is 6.76. The Morgan fingerprint density at radius 2 is 2.14 bits per heavy atom. The molecule has 1 aliphatic rings. The van der Waals surface area contributed by atoms with Gasteiger partial charge in [-0.25, -0.2) is 0 Å². The van der Waals surface area contributed by atoms with Crippen molar-refractivity contribution in [2.45, 2.75) is 43.7 Å². The minimum Gasteiger partial charge on any atom is -0.494 e. The molecule has 118 valence electrons. The normalized spacial score (nSPS) is 17.7. The molecule has 0 amide bonds. The number of rotatable bonds is 7. The van der Waals surface area contributed by atoms with Crippen molar-refractivity contribution in [2.24, 2.45) is 0 Å². The Labute approximate surface area is 132 Å². The van der Waals surface area contributed by atoms with E-state index in [-0.39, 0.29) is 0 Å². The van der Waals surface area contributed by atoms with Gasteiger partial charge in [0, 0.05) is 35.8 Å². The molecule has 0 bridgehead atoms. The summed E-state index contributed by atoms with van der Waals surface area (Å²) >= 11 is 2.04. The summed E-state index contributed by atoms with van der Waals surface area (Å²) in [6.07, 6.45) is 2.34. The van der Waals surface area contributed by atoms with E-state index < -0.39 is 0 Å². The van der Waals surface area contributed by atoms with Gasteiger partial charge in [0.25, 0.3) is 0 Å². The molecule has 21 heavy (non-hydrogen) atoms. The molecule has 1 aromatic carbocycles. The average molecular weight is 309 g/mol. The van der Waals surface area contributed by atoms with Crippen LogP contribution in [0.4, 0.5) is 0 Å². The molecule has 3 nitrogen and oxygen atoms in total. The van der Waals surface area contributed by atoms with Gasteiger partial charge in [-0.05, 0) is 51.4 Å². The van der Waals surface area contributed by atoms with Crippen molar-refractivity contribution in [3.8, 4) is 5.75 Å². The van der Waals surface area contributed by atoms with Crippen LogP contribution in [0.15, 0.2) is 18.2 Å². The summed E-state index contributed by atoms with van der Waals surface area (Å²) in [7, 11) is 2.00. The van der Waals surface area contributed by atoms with Crippen molar-refractivity contribution >= 4 is 11.8 Å². The highest BCUT2D eigenvalue weighted by Crippen LogP contribution is 2.31. The maximum Gasteiger partial charge on any atom is 0.123 e. The number of nitrogens with one attached hydrogen (secondary N) is 1. The standard InChI is InChI=1S/C17H27NO2S/c1-4-20-17-6-5-14(13(2)18-3)11-15(17)12-21-16-7-9-19-10-8-16/h5-6,11,13,16,18H,4,7-10,12H2,1-3H3. The lowest BCUT2D eigenvalue weighted by atomic mass is 10.1. The highest BCUT2D eigenvalue weighted by Gasteiger charge is 2.16. The van der Waals surface area contributed by atoms with Crippen LogP contribution in [0.3, 0.4) is 0 Å². The minimum absolute atomic E-state index is 0.368. The molecule has 0 aliphatic carbocycles. The molecule has 2 rings (SSSR count). The van der Waals surface area contributed by atoms with Crippen LogP contribution in [0.5, 0.6) is 5.75 Å². The monoisotopic (exact) mass is 309 g/mol. The minimum atomic E-state index is 0.368. The lowest BCUT2D eigenvalue weighted by Gasteiger charge is -2.22. The summed E-state index contributed by atoms with van der Waals surface area (Å²) in [5, 5.41) is 4.02. The van der Waals surface area contributed by atoms with Crippen LogP contribution in [0, 0.1) is 0 Å². The van der Waals surface area contributed by atoms with Crippen LogP contribution in [0.1, 0.15) is 43.9 Å². The molecule has 1 unspecified atom stereocenters. The third-order valence-electron chi connectivity index (χ3n) is 3.96. The maximum atomic E-state index is 5.79. The van der Waals surface area contributed by atoms with E-state index in [2.05, 4.69) is 30.4 Å². The fourth-order valence-corrected chi connectivity index (χ4v) is 3.66. The van der Waals surface area contributed by atoms with E-state index in [9.17, 15) is 0 Å². The molecular weight excluding hydrogens is 282 g/mol. The third-order valence-corrected chi connectivity index (χ3v) is 5.38. The second-order valence-corrected chi connectivity index (χ2v) is 6.72. The number of thioether (sulfide) groups is 1. The van der Waals surface area contributed by atoms with Crippen molar-refractivity contribution in [2.75, 3.05) is 26.9 Å². The smallest absolute Gasteiger partial charge is 0.123 e. The van der Waals surface area contributed by atoms with E-state index in [1.54, 1.807) is 0 Å². The van der Waals surface area contributed by atoms with E-state index >= 15 is 0 Å². The molecule has 1 atom stereocenters. The summed E-state index contributed by atoms with van der Waals surface area (Å²) < 4.78 is 11.2. The Kier molecular flexibility index (Phi) is 6.87. The Hall–Kier alpha value is -0.710. The first kappa shape index (κ1) is 16.7. The molecule has 1 aliphatic heterocycles. The molecule has 0 saturated carbocycles. The van der Waals surface area contributed by atoms with Crippen molar-refractivity contribution in [3.05, 3.63) is 29.3 Å². The third kappa shape index (κ3) is 4.90. The lowest BCUT2D eigenvalue weighted by molar-refractivity contribution is 0.1000. The topological polar surface area (TPSA) is 30.5 Å². The van der Waals surface area contributed by atoms with Gasteiger partial charge < -0.3 is 14.8 Å². The van der Waals surface area contributed by atoms with Crippen LogP contribution in [0.2, 0.25) is 0 Å². The summed E-state index contributed by atoms with van der Waals surface area (Å²) in [4.78, 5) is 0. The van der Waals surface area contributed by atoms with Crippen molar-refractivity contribution < 1.29 is 9.47 Å². The second kappa shape index (κ2) is 8.66. The van der Waals surface area contributed by atoms with Gasteiger partial charge in [0.2, 0.25) is 0 Å². The van der Waals surface area contributed by atoms with Crippen LogP contribution >= 0.6 is 11.8 Å². The predicted octanol–water partition coefficient (Wildman–Crippen LogP) is 3.78. The van der Waals surface area contributed by atoms with Gasteiger partial charge in [-0.1, -0.05) is 6.07 Å². The first-order chi connectivity index (χ1) is 10.2. The first-order valence-electron chi connectivity index (χ1n) is 7.86. The van der Waals surface area contributed by atoms with E-state index in [1.165, 1.54) is 24.0 Å².